The number of aldehydes is 1. The smallest absolute Gasteiger partial charge is 0.136 e. The van der Waals surface area contributed by atoms with Gasteiger partial charge in [-0.1, -0.05) is 0 Å². The van der Waals surface area contributed by atoms with E-state index in [0.717, 1.165) is 25.9 Å². The summed E-state index contributed by atoms with van der Waals surface area (Å²) in [6, 6.07) is 0.0246. The summed E-state index contributed by atoms with van der Waals surface area (Å²) < 4.78 is 5.31. The molecular weight excluding hydrogens is 130 g/mol. The second kappa shape index (κ2) is 3.68. The van der Waals surface area contributed by atoms with Gasteiger partial charge in [-0.15, -0.1) is 0 Å². The highest BCUT2D eigenvalue weighted by Crippen LogP contribution is 2.07. The SMILES string of the molecule is CCO[C@H]1CN[C@H](C=O)C1. The summed E-state index contributed by atoms with van der Waals surface area (Å²) in [5, 5.41) is 3.05. The summed E-state index contributed by atoms with van der Waals surface area (Å²) in [5.74, 6) is 0. The van der Waals surface area contributed by atoms with Gasteiger partial charge in [-0.05, 0) is 13.3 Å². The molecule has 0 amide bonds. The van der Waals surface area contributed by atoms with Crippen molar-refractivity contribution in [2.75, 3.05) is 13.2 Å². The standard InChI is InChI=1S/C7H13NO2/c1-2-10-7-3-6(5-9)8-4-7/h5-8H,2-4H2,1H3/t6-,7+/m0/s1. The van der Waals surface area contributed by atoms with Gasteiger partial charge in [0.15, 0.2) is 0 Å². The van der Waals surface area contributed by atoms with Gasteiger partial charge in [-0.2, -0.15) is 0 Å². The maximum absolute atomic E-state index is 10.2. The number of ether oxygens (including phenoxy) is 1. The number of carbonyl (C=O) groups is 1. The highest BCUT2D eigenvalue weighted by Gasteiger charge is 2.22. The average Bonchev–Trinajstić information content (AvgIpc) is 2.37. The molecule has 0 bridgehead atoms. The molecule has 1 saturated heterocycles. The molecular formula is C7H13NO2. The lowest BCUT2D eigenvalue weighted by Crippen LogP contribution is -2.22. The molecule has 0 spiro atoms. The fourth-order valence-corrected chi connectivity index (χ4v) is 1.20. The van der Waals surface area contributed by atoms with Gasteiger partial charge in [-0.25, -0.2) is 0 Å². The lowest BCUT2D eigenvalue weighted by Gasteiger charge is -2.06. The largest absolute Gasteiger partial charge is 0.377 e. The molecule has 58 valence electrons. The van der Waals surface area contributed by atoms with Crippen molar-refractivity contribution >= 4 is 6.29 Å². The molecule has 1 rings (SSSR count). The number of carbonyl (C=O) groups excluding carboxylic acids is 1. The van der Waals surface area contributed by atoms with Crippen molar-refractivity contribution in [3.8, 4) is 0 Å². The Balaban J connectivity index is 2.21. The van der Waals surface area contributed by atoms with Crippen LogP contribution in [0.3, 0.4) is 0 Å². The molecule has 1 aliphatic rings. The third kappa shape index (κ3) is 1.78. The lowest BCUT2D eigenvalue weighted by molar-refractivity contribution is -0.109. The zero-order valence-electron chi connectivity index (χ0n) is 6.17. The Kier molecular flexibility index (Phi) is 2.83. The number of hydrogen-bond donors (Lipinski definition) is 1. The van der Waals surface area contributed by atoms with Crippen LogP contribution in [-0.2, 0) is 9.53 Å². The van der Waals surface area contributed by atoms with Gasteiger partial charge < -0.3 is 14.8 Å². The third-order valence-corrected chi connectivity index (χ3v) is 1.69. The fraction of sp³-hybridized carbons (Fsp3) is 0.857. The van der Waals surface area contributed by atoms with Gasteiger partial charge in [-0.3, -0.25) is 0 Å². The second-order valence-corrected chi connectivity index (χ2v) is 2.46. The second-order valence-electron chi connectivity index (χ2n) is 2.46. The zero-order valence-corrected chi connectivity index (χ0v) is 6.17. The molecule has 0 aromatic carbocycles. The molecule has 1 fully saturated rings. The summed E-state index contributed by atoms with van der Waals surface area (Å²) in [7, 11) is 0. The Morgan fingerprint density at radius 1 is 1.80 bits per heavy atom. The van der Waals surface area contributed by atoms with Crippen molar-refractivity contribution in [1.29, 1.82) is 0 Å². The monoisotopic (exact) mass is 143 g/mol. The Morgan fingerprint density at radius 2 is 2.60 bits per heavy atom. The molecule has 0 aliphatic carbocycles. The normalized spacial score (nSPS) is 32.5. The Labute approximate surface area is 60.7 Å². The minimum Gasteiger partial charge on any atom is -0.377 e. The van der Waals surface area contributed by atoms with Crippen molar-refractivity contribution in [3.05, 3.63) is 0 Å². The first-order valence-electron chi connectivity index (χ1n) is 3.67. The topological polar surface area (TPSA) is 38.3 Å². The van der Waals surface area contributed by atoms with Crippen LogP contribution in [0.25, 0.3) is 0 Å². The van der Waals surface area contributed by atoms with E-state index in [2.05, 4.69) is 5.32 Å². The first-order valence-corrected chi connectivity index (χ1v) is 3.67. The summed E-state index contributed by atoms with van der Waals surface area (Å²) in [6.07, 6.45) is 2.02. The Hall–Kier alpha value is -0.410. The van der Waals surface area contributed by atoms with E-state index in [4.69, 9.17) is 4.74 Å². The van der Waals surface area contributed by atoms with Gasteiger partial charge in [0.1, 0.15) is 6.29 Å². The van der Waals surface area contributed by atoms with Crippen LogP contribution in [-0.4, -0.2) is 31.6 Å². The predicted octanol–water partition coefficient (Wildman–Crippen LogP) is -0.0477. The van der Waals surface area contributed by atoms with Crippen LogP contribution in [0.1, 0.15) is 13.3 Å². The quantitative estimate of drug-likeness (QED) is 0.563. The van der Waals surface area contributed by atoms with Crippen molar-refractivity contribution in [3.63, 3.8) is 0 Å². The van der Waals surface area contributed by atoms with E-state index in [-0.39, 0.29) is 12.1 Å². The van der Waals surface area contributed by atoms with Crippen LogP contribution in [0, 0.1) is 0 Å². The maximum atomic E-state index is 10.2. The first-order chi connectivity index (χ1) is 4.86. The fourth-order valence-electron chi connectivity index (χ4n) is 1.20. The van der Waals surface area contributed by atoms with Crippen molar-refractivity contribution in [2.24, 2.45) is 0 Å². The molecule has 2 atom stereocenters. The maximum Gasteiger partial charge on any atom is 0.136 e. The van der Waals surface area contributed by atoms with E-state index in [1.54, 1.807) is 0 Å². The average molecular weight is 143 g/mol. The molecule has 10 heavy (non-hydrogen) atoms. The van der Waals surface area contributed by atoms with Crippen molar-refractivity contribution in [1.82, 2.24) is 5.32 Å². The van der Waals surface area contributed by atoms with Gasteiger partial charge in [0.25, 0.3) is 0 Å². The van der Waals surface area contributed by atoms with Crippen LogP contribution in [0.15, 0.2) is 0 Å². The third-order valence-electron chi connectivity index (χ3n) is 1.69. The van der Waals surface area contributed by atoms with Crippen molar-refractivity contribution in [2.45, 2.75) is 25.5 Å². The van der Waals surface area contributed by atoms with Crippen LogP contribution in [0.4, 0.5) is 0 Å². The molecule has 1 heterocycles. The summed E-state index contributed by atoms with van der Waals surface area (Å²) >= 11 is 0. The first kappa shape index (κ1) is 7.69. The number of nitrogens with one attached hydrogen (secondary N) is 1. The molecule has 0 saturated carbocycles. The van der Waals surface area contributed by atoms with E-state index in [1.165, 1.54) is 0 Å². The number of hydrogen-bond acceptors (Lipinski definition) is 3. The molecule has 0 aromatic rings. The molecule has 0 radical (unpaired) electrons. The predicted molar refractivity (Wildman–Crippen MR) is 37.9 cm³/mol. The van der Waals surface area contributed by atoms with E-state index in [0.29, 0.717) is 0 Å². The lowest BCUT2D eigenvalue weighted by atomic mass is 10.2. The van der Waals surface area contributed by atoms with Crippen LogP contribution >= 0.6 is 0 Å². The molecule has 3 heteroatoms. The summed E-state index contributed by atoms with van der Waals surface area (Å²) in [4.78, 5) is 10.2. The van der Waals surface area contributed by atoms with Gasteiger partial charge >= 0.3 is 0 Å². The minimum absolute atomic E-state index is 0.0246. The van der Waals surface area contributed by atoms with E-state index < -0.39 is 0 Å². The van der Waals surface area contributed by atoms with E-state index in [1.807, 2.05) is 6.92 Å². The molecule has 1 N–H and O–H groups in total. The van der Waals surface area contributed by atoms with Crippen LogP contribution < -0.4 is 5.32 Å². The summed E-state index contributed by atoms with van der Waals surface area (Å²) in [6.45, 7) is 3.52. The molecule has 1 aliphatic heterocycles. The van der Waals surface area contributed by atoms with Gasteiger partial charge in [0, 0.05) is 13.2 Å². The molecule has 3 nitrogen and oxygen atoms in total. The zero-order chi connectivity index (χ0) is 7.40. The molecule has 0 aromatic heterocycles. The highest BCUT2D eigenvalue weighted by atomic mass is 16.5. The van der Waals surface area contributed by atoms with Crippen molar-refractivity contribution < 1.29 is 9.53 Å². The molecule has 0 unspecified atom stereocenters. The van der Waals surface area contributed by atoms with E-state index in [9.17, 15) is 4.79 Å². The Bertz CT molecular complexity index is 116. The Morgan fingerprint density at radius 3 is 3.10 bits per heavy atom. The minimum atomic E-state index is 0.0246. The van der Waals surface area contributed by atoms with Gasteiger partial charge in [0.2, 0.25) is 0 Å². The summed E-state index contributed by atoms with van der Waals surface area (Å²) in [5.41, 5.74) is 0. The van der Waals surface area contributed by atoms with Gasteiger partial charge in [0.05, 0.1) is 12.1 Å². The number of rotatable bonds is 3. The highest BCUT2D eigenvalue weighted by molar-refractivity contribution is 5.58. The van der Waals surface area contributed by atoms with E-state index >= 15 is 0 Å². The van der Waals surface area contributed by atoms with Crippen LogP contribution in [0.2, 0.25) is 0 Å². The van der Waals surface area contributed by atoms with Crippen LogP contribution in [0.5, 0.6) is 0 Å².